The molecule has 0 aliphatic heterocycles. The van der Waals surface area contributed by atoms with Crippen LogP contribution in [-0.2, 0) is 0 Å². The van der Waals surface area contributed by atoms with Crippen molar-refractivity contribution in [3.05, 3.63) is 63.7 Å². The van der Waals surface area contributed by atoms with Gasteiger partial charge in [0.1, 0.15) is 17.6 Å². The first-order valence-corrected chi connectivity index (χ1v) is 5.99. The van der Waals surface area contributed by atoms with E-state index in [1.807, 2.05) is 6.92 Å². The number of aryl methyl sites for hydroxylation is 1. The lowest BCUT2D eigenvalue weighted by Gasteiger charge is -2.02. The molecule has 0 aliphatic rings. The highest BCUT2D eigenvalue weighted by Crippen LogP contribution is 2.17. The van der Waals surface area contributed by atoms with E-state index in [9.17, 15) is 13.6 Å². The van der Waals surface area contributed by atoms with Gasteiger partial charge >= 0.3 is 5.69 Å². The molecule has 0 unspecified atom stereocenters. The van der Waals surface area contributed by atoms with E-state index in [1.54, 1.807) is 12.1 Å². The van der Waals surface area contributed by atoms with Crippen molar-refractivity contribution in [2.75, 3.05) is 0 Å². The highest BCUT2D eigenvalue weighted by atomic mass is 19.1. The molecule has 0 saturated heterocycles. The van der Waals surface area contributed by atoms with Gasteiger partial charge in [-0.25, -0.2) is 18.0 Å². The third-order valence-electron chi connectivity index (χ3n) is 3.06. The lowest BCUT2D eigenvalue weighted by Crippen LogP contribution is -2.20. The molecule has 0 saturated carbocycles. The summed E-state index contributed by atoms with van der Waals surface area (Å²) in [5, 5.41) is 12.6. The zero-order chi connectivity index (χ0) is 15.1. The van der Waals surface area contributed by atoms with E-state index >= 15 is 0 Å². The number of benzene rings is 1. The van der Waals surface area contributed by atoms with Crippen molar-refractivity contribution in [1.82, 2.24) is 14.2 Å². The monoisotopic (exact) mass is 286 g/mol. The summed E-state index contributed by atoms with van der Waals surface area (Å²) in [5.74, 6) is -1.80. The van der Waals surface area contributed by atoms with Gasteiger partial charge in [0, 0.05) is 12.3 Å². The maximum atomic E-state index is 14.0. The Morgan fingerprint density at radius 1 is 1.24 bits per heavy atom. The Morgan fingerprint density at radius 3 is 2.71 bits per heavy atom. The molecule has 0 atom stereocenters. The molecule has 3 rings (SSSR count). The van der Waals surface area contributed by atoms with E-state index in [-0.39, 0.29) is 5.69 Å². The van der Waals surface area contributed by atoms with Crippen LogP contribution in [0, 0.1) is 29.9 Å². The molecule has 2 heterocycles. The molecule has 0 spiro atoms. The van der Waals surface area contributed by atoms with Crippen LogP contribution in [-0.4, -0.2) is 14.2 Å². The maximum absolute atomic E-state index is 14.0. The molecular weight excluding hydrogens is 278 g/mol. The quantitative estimate of drug-likeness (QED) is 0.686. The first kappa shape index (κ1) is 13.0. The van der Waals surface area contributed by atoms with Crippen molar-refractivity contribution in [2.45, 2.75) is 6.92 Å². The Balaban J connectivity index is 2.31. The topological polar surface area (TPSA) is 63.1 Å². The molecule has 0 fully saturated rings. The van der Waals surface area contributed by atoms with Crippen LogP contribution in [0.4, 0.5) is 8.78 Å². The summed E-state index contributed by atoms with van der Waals surface area (Å²) in [4.78, 5) is 12.2. The van der Waals surface area contributed by atoms with Crippen LogP contribution in [0.1, 0.15) is 11.1 Å². The zero-order valence-corrected chi connectivity index (χ0v) is 10.8. The number of fused-ring (bicyclic) bond motifs is 1. The predicted molar refractivity (Wildman–Crippen MR) is 70.2 cm³/mol. The van der Waals surface area contributed by atoms with E-state index in [0.717, 1.165) is 22.4 Å². The second-order valence-electron chi connectivity index (χ2n) is 4.52. The van der Waals surface area contributed by atoms with Gasteiger partial charge in [-0.1, -0.05) is 0 Å². The molecule has 5 nitrogen and oxygen atoms in total. The number of rotatable bonds is 1. The summed E-state index contributed by atoms with van der Waals surface area (Å²) in [6.07, 6.45) is 1.51. The third kappa shape index (κ3) is 1.97. The van der Waals surface area contributed by atoms with E-state index in [4.69, 9.17) is 5.26 Å². The van der Waals surface area contributed by atoms with Crippen molar-refractivity contribution in [1.29, 1.82) is 5.26 Å². The van der Waals surface area contributed by atoms with E-state index in [2.05, 4.69) is 5.10 Å². The number of nitriles is 1. The van der Waals surface area contributed by atoms with Gasteiger partial charge in [-0.3, -0.25) is 0 Å². The summed E-state index contributed by atoms with van der Waals surface area (Å²) in [5.41, 5.74) is -0.176. The van der Waals surface area contributed by atoms with Crippen molar-refractivity contribution in [3.8, 4) is 11.8 Å². The van der Waals surface area contributed by atoms with Crippen LogP contribution in [0.3, 0.4) is 0 Å². The molecule has 0 aliphatic carbocycles. The van der Waals surface area contributed by atoms with Crippen LogP contribution >= 0.6 is 0 Å². The van der Waals surface area contributed by atoms with E-state index in [0.29, 0.717) is 5.65 Å². The molecule has 0 amide bonds. The second-order valence-corrected chi connectivity index (χ2v) is 4.52. The van der Waals surface area contributed by atoms with Gasteiger partial charge in [0.2, 0.25) is 0 Å². The second kappa shape index (κ2) is 4.52. The highest BCUT2D eigenvalue weighted by Gasteiger charge is 2.16. The molecular formula is C14H8F2N4O. The maximum Gasteiger partial charge on any atom is 0.355 e. The lowest BCUT2D eigenvalue weighted by atomic mass is 10.2. The molecule has 0 bridgehead atoms. The number of hydrogen-bond acceptors (Lipinski definition) is 3. The lowest BCUT2D eigenvalue weighted by molar-refractivity contribution is 0.582. The Bertz CT molecular complexity index is 965. The van der Waals surface area contributed by atoms with Crippen LogP contribution in [0.5, 0.6) is 0 Å². The van der Waals surface area contributed by atoms with Crippen molar-refractivity contribution in [3.63, 3.8) is 0 Å². The smallest absolute Gasteiger partial charge is 0.250 e. The summed E-state index contributed by atoms with van der Waals surface area (Å²) < 4.78 is 29.6. The fraction of sp³-hybridized carbons (Fsp3) is 0.0714. The minimum absolute atomic E-state index is 0.323. The van der Waals surface area contributed by atoms with Crippen molar-refractivity contribution >= 4 is 5.65 Å². The SMILES string of the molecule is Cc1ccn2c(=O)n(-c3cc(F)c(C#N)cc3F)nc2c1. The Hall–Kier alpha value is -3.01. The Kier molecular flexibility index (Phi) is 2.80. The minimum Gasteiger partial charge on any atom is -0.250 e. The van der Waals surface area contributed by atoms with Crippen molar-refractivity contribution in [2.24, 2.45) is 0 Å². The van der Waals surface area contributed by atoms with Crippen molar-refractivity contribution < 1.29 is 8.78 Å². The molecule has 0 N–H and O–H groups in total. The Morgan fingerprint density at radius 2 is 2.00 bits per heavy atom. The number of hydrogen-bond donors (Lipinski definition) is 0. The summed E-state index contributed by atoms with van der Waals surface area (Å²) in [6.45, 7) is 1.82. The average Bonchev–Trinajstić information content (AvgIpc) is 2.77. The fourth-order valence-electron chi connectivity index (χ4n) is 2.02. The first-order chi connectivity index (χ1) is 10.0. The van der Waals surface area contributed by atoms with Crippen LogP contribution < -0.4 is 5.69 Å². The van der Waals surface area contributed by atoms with Gasteiger partial charge in [-0.2, -0.15) is 9.94 Å². The molecule has 3 aromatic rings. The molecule has 2 aromatic heterocycles. The van der Waals surface area contributed by atoms with E-state index in [1.165, 1.54) is 16.7 Å². The van der Waals surface area contributed by atoms with Gasteiger partial charge in [0.25, 0.3) is 0 Å². The first-order valence-electron chi connectivity index (χ1n) is 5.99. The van der Waals surface area contributed by atoms with Gasteiger partial charge in [0.15, 0.2) is 11.5 Å². The van der Waals surface area contributed by atoms with Gasteiger partial charge in [-0.05, 0) is 30.7 Å². The van der Waals surface area contributed by atoms with Gasteiger partial charge in [0.05, 0.1) is 5.56 Å². The van der Waals surface area contributed by atoms with E-state index < -0.39 is 22.9 Å². The molecule has 7 heteroatoms. The average molecular weight is 286 g/mol. The molecule has 1 aromatic carbocycles. The van der Waals surface area contributed by atoms with Crippen LogP contribution in [0.25, 0.3) is 11.3 Å². The summed E-state index contributed by atoms with van der Waals surface area (Å²) >= 11 is 0. The highest BCUT2D eigenvalue weighted by molar-refractivity contribution is 5.45. The van der Waals surface area contributed by atoms with Gasteiger partial charge in [-0.15, -0.1) is 5.10 Å². The standard InChI is InChI=1S/C14H8F2N4O/c1-8-2-3-19-13(4-8)18-20(14(19)21)12-6-10(15)9(7-17)5-11(12)16/h2-6H,1H3. The van der Waals surface area contributed by atoms with Crippen LogP contribution in [0.15, 0.2) is 35.3 Å². The Labute approximate surface area is 117 Å². The van der Waals surface area contributed by atoms with Crippen LogP contribution in [0.2, 0.25) is 0 Å². The number of aromatic nitrogens is 3. The largest absolute Gasteiger partial charge is 0.355 e. The van der Waals surface area contributed by atoms with Gasteiger partial charge < -0.3 is 0 Å². The fourth-order valence-corrected chi connectivity index (χ4v) is 2.02. The molecule has 21 heavy (non-hydrogen) atoms. The number of halogens is 2. The molecule has 0 radical (unpaired) electrons. The summed E-state index contributed by atoms with van der Waals surface area (Å²) in [7, 11) is 0. The normalized spacial score (nSPS) is 10.8. The zero-order valence-electron chi connectivity index (χ0n) is 10.8. The summed E-state index contributed by atoms with van der Waals surface area (Å²) in [6, 6.07) is 6.42. The predicted octanol–water partition coefficient (Wildman–Crippen LogP) is 1.94. The minimum atomic E-state index is -0.908. The third-order valence-corrected chi connectivity index (χ3v) is 3.06. The number of nitrogens with zero attached hydrogens (tertiary/aromatic N) is 4. The number of pyridine rings is 1. The molecule has 104 valence electrons.